The predicted octanol–water partition coefficient (Wildman–Crippen LogP) is 2.82. The van der Waals surface area contributed by atoms with Crippen molar-refractivity contribution >= 4 is 11.8 Å². The maximum atomic E-state index is 13.0. The first kappa shape index (κ1) is 20.5. The van der Waals surface area contributed by atoms with Gasteiger partial charge in [-0.15, -0.1) is 0 Å². The van der Waals surface area contributed by atoms with Crippen LogP contribution in [0.5, 0.6) is 11.5 Å². The number of hydrogen-bond donors (Lipinski definition) is 1. The number of benzene rings is 1. The molecule has 0 bridgehead atoms. The number of nitrogens with one attached hydrogen (secondary N) is 1. The Morgan fingerprint density at radius 3 is 2.54 bits per heavy atom. The van der Waals surface area contributed by atoms with E-state index in [1.165, 1.54) is 0 Å². The van der Waals surface area contributed by atoms with Crippen molar-refractivity contribution in [2.45, 2.75) is 39.0 Å². The topological polar surface area (TPSA) is 67.9 Å². The van der Waals surface area contributed by atoms with E-state index in [9.17, 15) is 9.59 Å². The van der Waals surface area contributed by atoms with Gasteiger partial charge < -0.3 is 19.7 Å². The molecule has 3 rings (SSSR count). The lowest BCUT2D eigenvalue weighted by atomic mass is 9.87. The van der Waals surface area contributed by atoms with Crippen LogP contribution in [-0.4, -0.2) is 50.6 Å². The minimum Gasteiger partial charge on any atom is -0.497 e. The van der Waals surface area contributed by atoms with Crippen LogP contribution < -0.4 is 14.8 Å². The summed E-state index contributed by atoms with van der Waals surface area (Å²) in [7, 11) is 3.25. The molecule has 1 aromatic carbocycles. The number of nitrogens with zero attached hydrogens (tertiary/aromatic N) is 1. The van der Waals surface area contributed by atoms with E-state index in [2.05, 4.69) is 19.2 Å². The predicted molar refractivity (Wildman–Crippen MR) is 108 cm³/mol. The first-order valence-corrected chi connectivity index (χ1v) is 10.2. The smallest absolute Gasteiger partial charge is 0.225 e. The molecule has 1 aromatic rings. The fraction of sp³-hybridized carbons (Fsp3) is 0.636. The summed E-state index contributed by atoms with van der Waals surface area (Å²) in [6, 6.07) is 5.65. The SMILES string of the molecule is COc1ccc(OC)c([C@@H]2CN(C(=O)C3CC3)C[C@H]2C(=O)NCCC(C)C)c1. The van der Waals surface area contributed by atoms with Crippen LogP contribution in [-0.2, 0) is 9.59 Å². The standard InChI is InChI=1S/C22H32N2O4/c1-14(2)9-10-23-21(25)19-13-24(22(26)15-5-6-15)12-18(19)17-11-16(27-3)7-8-20(17)28-4/h7-8,11,14-15,18-19H,5-6,9-10,12-13H2,1-4H3,(H,23,25)/t18-,19+/m0/s1. The zero-order valence-electron chi connectivity index (χ0n) is 17.4. The van der Waals surface area contributed by atoms with Crippen LogP contribution in [0.15, 0.2) is 18.2 Å². The second kappa shape index (κ2) is 8.84. The molecule has 1 N–H and O–H groups in total. The summed E-state index contributed by atoms with van der Waals surface area (Å²) in [6.45, 7) is 5.95. The largest absolute Gasteiger partial charge is 0.497 e. The van der Waals surface area contributed by atoms with E-state index in [4.69, 9.17) is 9.47 Å². The van der Waals surface area contributed by atoms with Gasteiger partial charge in [-0.2, -0.15) is 0 Å². The summed E-state index contributed by atoms with van der Waals surface area (Å²) >= 11 is 0. The van der Waals surface area contributed by atoms with Crippen LogP contribution >= 0.6 is 0 Å². The molecular formula is C22H32N2O4. The summed E-state index contributed by atoms with van der Waals surface area (Å²) in [6.07, 6.45) is 2.87. The molecular weight excluding hydrogens is 356 g/mol. The van der Waals surface area contributed by atoms with Gasteiger partial charge in [-0.05, 0) is 43.4 Å². The van der Waals surface area contributed by atoms with Gasteiger partial charge in [0.15, 0.2) is 0 Å². The van der Waals surface area contributed by atoms with Crippen molar-refractivity contribution in [2.75, 3.05) is 33.9 Å². The van der Waals surface area contributed by atoms with Gasteiger partial charge in [0.25, 0.3) is 0 Å². The van der Waals surface area contributed by atoms with Crippen LogP contribution in [0.25, 0.3) is 0 Å². The van der Waals surface area contributed by atoms with Crippen molar-refractivity contribution in [1.82, 2.24) is 10.2 Å². The van der Waals surface area contributed by atoms with Crippen molar-refractivity contribution in [1.29, 1.82) is 0 Å². The summed E-state index contributed by atoms with van der Waals surface area (Å²) in [5.74, 6) is 1.95. The molecule has 1 heterocycles. The number of methoxy groups -OCH3 is 2. The van der Waals surface area contributed by atoms with Crippen LogP contribution in [0.3, 0.4) is 0 Å². The Balaban J connectivity index is 1.84. The fourth-order valence-electron chi connectivity index (χ4n) is 3.90. The number of amides is 2. The normalized spacial score (nSPS) is 21.7. The van der Waals surface area contributed by atoms with Crippen molar-refractivity contribution in [2.24, 2.45) is 17.8 Å². The highest BCUT2D eigenvalue weighted by Crippen LogP contribution is 2.41. The van der Waals surface area contributed by atoms with E-state index in [0.29, 0.717) is 25.6 Å². The molecule has 0 radical (unpaired) electrons. The summed E-state index contributed by atoms with van der Waals surface area (Å²) < 4.78 is 10.9. The molecule has 0 aromatic heterocycles. The Hall–Kier alpha value is -2.24. The Morgan fingerprint density at radius 1 is 1.18 bits per heavy atom. The van der Waals surface area contributed by atoms with Crippen molar-refractivity contribution in [3.05, 3.63) is 23.8 Å². The van der Waals surface area contributed by atoms with E-state index < -0.39 is 0 Å². The molecule has 2 amide bonds. The lowest BCUT2D eigenvalue weighted by Crippen LogP contribution is -2.36. The Bertz CT molecular complexity index is 714. The third-order valence-electron chi connectivity index (χ3n) is 5.75. The molecule has 6 nitrogen and oxygen atoms in total. The summed E-state index contributed by atoms with van der Waals surface area (Å²) in [5, 5.41) is 3.08. The van der Waals surface area contributed by atoms with Crippen LogP contribution in [0.1, 0.15) is 44.6 Å². The third-order valence-corrected chi connectivity index (χ3v) is 5.75. The molecule has 28 heavy (non-hydrogen) atoms. The van der Waals surface area contributed by atoms with E-state index in [1.54, 1.807) is 14.2 Å². The first-order valence-electron chi connectivity index (χ1n) is 10.2. The number of ether oxygens (including phenoxy) is 2. The minimum absolute atomic E-state index is 0.0154. The zero-order valence-corrected chi connectivity index (χ0v) is 17.4. The minimum atomic E-state index is -0.282. The average molecular weight is 389 g/mol. The summed E-state index contributed by atoms with van der Waals surface area (Å²) in [5.41, 5.74) is 0.928. The lowest BCUT2D eigenvalue weighted by molar-refractivity contribution is -0.132. The quantitative estimate of drug-likeness (QED) is 0.744. The highest BCUT2D eigenvalue weighted by molar-refractivity contribution is 5.85. The Morgan fingerprint density at radius 2 is 1.93 bits per heavy atom. The van der Waals surface area contributed by atoms with Crippen LogP contribution in [0.4, 0.5) is 0 Å². The molecule has 0 spiro atoms. The average Bonchev–Trinajstić information content (AvgIpc) is 3.44. The Labute approximate surface area is 167 Å². The lowest BCUT2D eigenvalue weighted by Gasteiger charge is -2.21. The molecule has 1 aliphatic carbocycles. The Kier molecular flexibility index (Phi) is 6.47. The van der Waals surface area contributed by atoms with Crippen molar-refractivity contribution in [3.8, 4) is 11.5 Å². The molecule has 2 aliphatic rings. The fourth-order valence-corrected chi connectivity index (χ4v) is 3.90. The van der Waals surface area contributed by atoms with Gasteiger partial charge in [-0.3, -0.25) is 9.59 Å². The molecule has 1 saturated heterocycles. The molecule has 2 atom stereocenters. The maximum Gasteiger partial charge on any atom is 0.225 e. The maximum absolute atomic E-state index is 13.0. The number of likely N-dealkylation sites (tertiary alicyclic amines) is 1. The van der Waals surface area contributed by atoms with Crippen LogP contribution in [0, 0.1) is 17.8 Å². The number of hydrogen-bond acceptors (Lipinski definition) is 4. The van der Waals surface area contributed by atoms with Gasteiger partial charge in [0, 0.05) is 37.0 Å². The van der Waals surface area contributed by atoms with Gasteiger partial charge in [0.1, 0.15) is 11.5 Å². The van der Waals surface area contributed by atoms with Crippen molar-refractivity contribution < 1.29 is 19.1 Å². The van der Waals surface area contributed by atoms with Gasteiger partial charge in [-0.25, -0.2) is 0 Å². The molecule has 0 unspecified atom stereocenters. The molecule has 6 heteroatoms. The third kappa shape index (κ3) is 4.59. The van der Waals surface area contributed by atoms with Crippen LogP contribution in [0.2, 0.25) is 0 Å². The van der Waals surface area contributed by atoms with E-state index in [-0.39, 0.29) is 29.6 Å². The second-order valence-electron chi connectivity index (χ2n) is 8.31. The number of carbonyl (C=O) groups excluding carboxylic acids is 2. The van der Waals surface area contributed by atoms with Gasteiger partial charge in [0.2, 0.25) is 11.8 Å². The van der Waals surface area contributed by atoms with E-state index >= 15 is 0 Å². The highest BCUT2D eigenvalue weighted by Gasteiger charge is 2.44. The summed E-state index contributed by atoms with van der Waals surface area (Å²) in [4.78, 5) is 27.5. The van der Waals surface area contributed by atoms with E-state index in [1.807, 2.05) is 23.1 Å². The zero-order chi connectivity index (χ0) is 20.3. The highest BCUT2D eigenvalue weighted by atomic mass is 16.5. The molecule has 1 saturated carbocycles. The van der Waals surface area contributed by atoms with Gasteiger partial charge >= 0.3 is 0 Å². The number of rotatable bonds is 8. The van der Waals surface area contributed by atoms with Crippen molar-refractivity contribution in [3.63, 3.8) is 0 Å². The molecule has 1 aliphatic heterocycles. The second-order valence-corrected chi connectivity index (χ2v) is 8.31. The van der Waals surface area contributed by atoms with Gasteiger partial charge in [0.05, 0.1) is 20.1 Å². The van der Waals surface area contributed by atoms with Gasteiger partial charge in [-0.1, -0.05) is 13.8 Å². The molecule has 154 valence electrons. The van der Waals surface area contributed by atoms with E-state index in [0.717, 1.165) is 36.3 Å². The molecule has 2 fully saturated rings. The monoisotopic (exact) mass is 388 g/mol. The number of carbonyl (C=O) groups is 2. The first-order chi connectivity index (χ1) is 13.4.